The first-order valence-corrected chi connectivity index (χ1v) is 12.7. The van der Waals surface area contributed by atoms with Crippen LogP contribution in [0.1, 0.15) is 31.9 Å². The second-order valence-corrected chi connectivity index (χ2v) is 10.5. The Morgan fingerprint density at radius 2 is 1.67 bits per heavy atom. The molecule has 1 fully saturated rings. The predicted molar refractivity (Wildman–Crippen MR) is 125 cm³/mol. The number of hydrogen-bond donors (Lipinski definition) is 1. The largest absolute Gasteiger partial charge is 0.491 e. The number of carbonyl (C=O) groups excluding carboxylic acids is 2. The van der Waals surface area contributed by atoms with Crippen molar-refractivity contribution in [3.8, 4) is 5.75 Å². The Labute approximate surface area is 208 Å². The summed E-state index contributed by atoms with van der Waals surface area (Å²) < 4.78 is 71.8. The van der Waals surface area contributed by atoms with Crippen LogP contribution >= 0.6 is 0 Å². The van der Waals surface area contributed by atoms with Gasteiger partial charge in [0.15, 0.2) is 0 Å². The molecular formula is C24H28F3N3O5S. The van der Waals surface area contributed by atoms with Crippen LogP contribution < -0.4 is 10.1 Å². The third-order valence-electron chi connectivity index (χ3n) is 5.63. The number of piperazine rings is 1. The zero-order valence-corrected chi connectivity index (χ0v) is 20.9. The number of nitrogens with zero attached hydrogens (tertiary/aromatic N) is 2. The maximum Gasteiger partial charge on any atom is 0.416 e. The smallest absolute Gasteiger partial charge is 0.416 e. The molecule has 196 valence electrons. The maximum absolute atomic E-state index is 13.4. The number of ether oxygens (including phenoxy) is 1. The van der Waals surface area contributed by atoms with Gasteiger partial charge in [0.1, 0.15) is 11.8 Å². The number of alkyl halides is 3. The third kappa shape index (κ3) is 6.55. The maximum atomic E-state index is 13.4. The van der Waals surface area contributed by atoms with E-state index in [0.29, 0.717) is 11.3 Å². The van der Waals surface area contributed by atoms with Gasteiger partial charge in [-0.2, -0.15) is 17.5 Å². The van der Waals surface area contributed by atoms with Gasteiger partial charge in [0.05, 0.1) is 16.6 Å². The molecule has 12 heteroatoms. The van der Waals surface area contributed by atoms with E-state index < -0.39 is 33.7 Å². The molecule has 1 heterocycles. The summed E-state index contributed by atoms with van der Waals surface area (Å²) in [7, 11) is -4.10. The van der Waals surface area contributed by atoms with E-state index in [0.717, 1.165) is 16.4 Å². The van der Waals surface area contributed by atoms with Crippen LogP contribution in [-0.4, -0.2) is 61.2 Å². The quantitative estimate of drug-likeness (QED) is 0.597. The van der Waals surface area contributed by atoms with Crippen molar-refractivity contribution in [1.82, 2.24) is 14.5 Å². The third-order valence-corrected chi connectivity index (χ3v) is 7.55. The lowest BCUT2D eigenvalue weighted by molar-refractivity contribution is -0.138. The number of nitrogens with one attached hydrogen (secondary N) is 1. The van der Waals surface area contributed by atoms with E-state index in [9.17, 15) is 31.2 Å². The molecule has 0 spiro atoms. The summed E-state index contributed by atoms with van der Waals surface area (Å²) in [6.07, 6.45) is -4.57. The first kappa shape index (κ1) is 27.5. The van der Waals surface area contributed by atoms with Crippen molar-refractivity contribution < 1.29 is 35.9 Å². The highest BCUT2D eigenvalue weighted by molar-refractivity contribution is 7.89. The second kappa shape index (κ2) is 10.9. The van der Waals surface area contributed by atoms with Gasteiger partial charge in [-0.15, -0.1) is 0 Å². The fraction of sp³-hybridized carbons (Fsp3) is 0.417. The minimum Gasteiger partial charge on any atom is -0.491 e. The van der Waals surface area contributed by atoms with Crippen LogP contribution in [0.25, 0.3) is 0 Å². The molecular weight excluding hydrogens is 499 g/mol. The molecule has 1 aliphatic heterocycles. The number of halogens is 3. The van der Waals surface area contributed by atoms with Crippen LogP contribution in [-0.2, 0) is 32.3 Å². The number of amides is 2. The number of benzene rings is 2. The van der Waals surface area contributed by atoms with E-state index in [-0.39, 0.29) is 43.1 Å². The van der Waals surface area contributed by atoms with Gasteiger partial charge in [-0.1, -0.05) is 12.1 Å². The Morgan fingerprint density at radius 1 is 1.06 bits per heavy atom. The van der Waals surface area contributed by atoms with Crippen molar-refractivity contribution in [2.75, 3.05) is 19.6 Å². The second-order valence-electron chi connectivity index (χ2n) is 8.65. The Morgan fingerprint density at radius 3 is 2.19 bits per heavy atom. The molecule has 8 nitrogen and oxygen atoms in total. The summed E-state index contributed by atoms with van der Waals surface area (Å²) in [4.78, 5) is 26.4. The molecule has 1 unspecified atom stereocenters. The van der Waals surface area contributed by atoms with E-state index in [2.05, 4.69) is 5.32 Å². The highest BCUT2D eigenvalue weighted by atomic mass is 32.2. The molecule has 1 atom stereocenters. The normalized spacial score (nSPS) is 17.2. The Kier molecular flexibility index (Phi) is 8.29. The lowest BCUT2D eigenvalue weighted by Crippen LogP contribution is -2.61. The van der Waals surface area contributed by atoms with Gasteiger partial charge in [0.2, 0.25) is 21.8 Å². The number of hydrogen-bond acceptors (Lipinski definition) is 5. The van der Waals surface area contributed by atoms with Crippen molar-refractivity contribution in [1.29, 1.82) is 0 Å². The summed E-state index contributed by atoms with van der Waals surface area (Å²) in [5, 5.41) is 2.59. The summed E-state index contributed by atoms with van der Waals surface area (Å²) >= 11 is 0. The fourth-order valence-corrected chi connectivity index (χ4v) is 5.34. The van der Waals surface area contributed by atoms with Gasteiger partial charge in [-0.3, -0.25) is 9.59 Å². The number of carbonyl (C=O) groups is 2. The average Bonchev–Trinajstić information content (AvgIpc) is 2.81. The van der Waals surface area contributed by atoms with Gasteiger partial charge in [-0.25, -0.2) is 8.42 Å². The van der Waals surface area contributed by atoms with E-state index in [1.807, 2.05) is 13.8 Å². The Bertz CT molecular complexity index is 1180. The van der Waals surface area contributed by atoms with Crippen molar-refractivity contribution in [2.45, 2.75) is 50.5 Å². The van der Waals surface area contributed by atoms with Crippen molar-refractivity contribution in [2.24, 2.45) is 0 Å². The fourth-order valence-electron chi connectivity index (χ4n) is 3.77. The molecule has 1 aliphatic rings. The van der Waals surface area contributed by atoms with Gasteiger partial charge in [-0.05, 0) is 55.8 Å². The topological polar surface area (TPSA) is 96.0 Å². The van der Waals surface area contributed by atoms with Crippen LogP contribution in [0, 0.1) is 0 Å². The van der Waals surface area contributed by atoms with Crippen LogP contribution in [0.2, 0.25) is 0 Å². The number of sulfonamides is 1. The molecule has 2 aromatic carbocycles. The molecule has 2 amide bonds. The van der Waals surface area contributed by atoms with Gasteiger partial charge in [0.25, 0.3) is 0 Å². The molecule has 3 rings (SSSR count). The summed E-state index contributed by atoms with van der Waals surface area (Å²) in [5.41, 5.74) is -0.408. The summed E-state index contributed by atoms with van der Waals surface area (Å²) in [6.45, 7) is 4.77. The van der Waals surface area contributed by atoms with E-state index in [1.165, 1.54) is 48.2 Å². The van der Waals surface area contributed by atoms with Crippen molar-refractivity contribution in [3.05, 3.63) is 59.7 Å². The van der Waals surface area contributed by atoms with Gasteiger partial charge >= 0.3 is 6.18 Å². The standard InChI is InChI=1S/C24H28F3N3O5S/c1-16(2)35-20-8-10-21(11-9-20)36(33,34)30-13-12-29(17(3)31)15-22(30)23(32)28-14-18-4-6-19(7-5-18)24(25,26)27/h4-11,16,22H,12-15H2,1-3H3,(H,28,32). The lowest BCUT2D eigenvalue weighted by Gasteiger charge is -2.39. The molecule has 0 aromatic heterocycles. The predicted octanol–water partition coefficient (Wildman–Crippen LogP) is 3.03. The molecule has 2 aromatic rings. The van der Waals surface area contributed by atoms with E-state index >= 15 is 0 Å². The van der Waals surface area contributed by atoms with Crippen molar-refractivity contribution >= 4 is 21.8 Å². The molecule has 1 saturated heterocycles. The van der Waals surface area contributed by atoms with E-state index in [1.54, 1.807) is 0 Å². The van der Waals surface area contributed by atoms with Crippen LogP contribution in [0.5, 0.6) is 5.75 Å². The summed E-state index contributed by atoms with van der Waals surface area (Å²) in [5.74, 6) is -0.469. The van der Waals surface area contributed by atoms with Crippen LogP contribution in [0.4, 0.5) is 13.2 Å². The van der Waals surface area contributed by atoms with Crippen LogP contribution in [0.15, 0.2) is 53.4 Å². The first-order valence-electron chi connectivity index (χ1n) is 11.3. The SMILES string of the molecule is CC(=O)N1CCN(S(=O)(=O)c2ccc(OC(C)C)cc2)C(C(=O)NCc2ccc(C(F)(F)F)cc2)C1. The van der Waals surface area contributed by atoms with Gasteiger partial charge < -0.3 is 15.0 Å². The molecule has 36 heavy (non-hydrogen) atoms. The Hall–Kier alpha value is -3.12. The highest BCUT2D eigenvalue weighted by Gasteiger charge is 2.40. The first-order chi connectivity index (χ1) is 16.8. The summed E-state index contributed by atoms with van der Waals surface area (Å²) in [6, 6.07) is 8.91. The van der Waals surface area contributed by atoms with Gasteiger partial charge in [0, 0.05) is 33.1 Å². The van der Waals surface area contributed by atoms with Crippen LogP contribution in [0.3, 0.4) is 0 Å². The van der Waals surface area contributed by atoms with E-state index in [4.69, 9.17) is 4.74 Å². The minimum absolute atomic E-state index is 0.0320. The lowest BCUT2D eigenvalue weighted by atomic mass is 10.1. The molecule has 0 aliphatic carbocycles. The zero-order valence-electron chi connectivity index (χ0n) is 20.1. The average molecular weight is 528 g/mol. The number of rotatable bonds is 7. The van der Waals surface area contributed by atoms with Crippen molar-refractivity contribution in [3.63, 3.8) is 0 Å². The highest BCUT2D eigenvalue weighted by Crippen LogP contribution is 2.29. The molecule has 0 bridgehead atoms. The Balaban J connectivity index is 1.79. The minimum atomic E-state index is -4.48. The monoisotopic (exact) mass is 527 g/mol. The molecule has 0 saturated carbocycles. The zero-order chi connectivity index (χ0) is 26.7. The molecule has 0 radical (unpaired) electrons. The molecule has 1 N–H and O–H groups in total.